The first kappa shape index (κ1) is 15.7. The highest BCUT2D eigenvalue weighted by atomic mass is 35.5. The van der Waals surface area contributed by atoms with Gasteiger partial charge in [0, 0.05) is 36.2 Å². The molecule has 114 valence electrons. The van der Waals surface area contributed by atoms with Crippen molar-refractivity contribution < 1.29 is 14.8 Å². The minimum atomic E-state index is -0.776. The van der Waals surface area contributed by atoms with Crippen LogP contribution >= 0.6 is 11.6 Å². The number of carboxylic acids is 1. The number of nitrogens with zero attached hydrogens (tertiary/aromatic N) is 2. The van der Waals surface area contributed by atoms with E-state index in [9.17, 15) is 14.9 Å². The van der Waals surface area contributed by atoms with E-state index < -0.39 is 10.9 Å². The van der Waals surface area contributed by atoms with Gasteiger partial charge in [0.2, 0.25) is 0 Å². The van der Waals surface area contributed by atoms with Crippen LogP contribution in [0.25, 0.3) is 0 Å². The first-order valence-corrected chi connectivity index (χ1v) is 7.20. The number of nitro benzene ring substituents is 1. The third-order valence-electron chi connectivity index (χ3n) is 3.77. The third-order valence-corrected chi connectivity index (χ3v) is 4.01. The Hall–Kier alpha value is -1.66. The summed E-state index contributed by atoms with van der Waals surface area (Å²) in [6.07, 6.45) is 1.78. The SMILES string of the molecule is O=C(O)CCC1CCN(Cc2ccc(Cl)cc2[N+](=O)[O-])C1. The van der Waals surface area contributed by atoms with Gasteiger partial charge in [0.05, 0.1) is 4.92 Å². The number of aliphatic carboxylic acids is 1. The fourth-order valence-electron chi connectivity index (χ4n) is 2.70. The zero-order valence-electron chi connectivity index (χ0n) is 11.5. The molecule has 0 radical (unpaired) electrons. The number of benzene rings is 1. The maximum Gasteiger partial charge on any atom is 0.303 e. The second kappa shape index (κ2) is 6.87. The van der Waals surface area contributed by atoms with Crippen molar-refractivity contribution in [3.05, 3.63) is 38.9 Å². The summed E-state index contributed by atoms with van der Waals surface area (Å²) in [4.78, 5) is 23.3. The van der Waals surface area contributed by atoms with Crippen molar-refractivity contribution in [2.75, 3.05) is 13.1 Å². The summed E-state index contributed by atoms with van der Waals surface area (Å²) < 4.78 is 0. The molecule has 0 aromatic heterocycles. The Bertz CT molecular complexity index is 550. The summed E-state index contributed by atoms with van der Waals surface area (Å²) in [5.74, 6) is -0.422. The number of halogens is 1. The number of nitro groups is 1. The Morgan fingerprint density at radius 3 is 2.95 bits per heavy atom. The second-order valence-electron chi connectivity index (χ2n) is 5.35. The number of carboxylic acid groups (broad SMARTS) is 1. The summed E-state index contributed by atoms with van der Waals surface area (Å²) in [6, 6.07) is 4.71. The molecule has 1 aliphatic rings. The van der Waals surface area contributed by atoms with Gasteiger partial charge in [0.25, 0.3) is 5.69 Å². The topological polar surface area (TPSA) is 83.7 Å². The maximum atomic E-state index is 11.1. The average molecular weight is 313 g/mol. The quantitative estimate of drug-likeness (QED) is 0.645. The van der Waals surface area contributed by atoms with Crippen molar-refractivity contribution >= 4 is 23.3 Å². The van der Waals surface area contributed by atoms with Gasteiger partial charge in [-0.2, -0.15) is 0 Å². The van der Waals surface area contributed by atoms with Crippen molar-refractivity contribution in [2.45, 2.75) is 25.8 Å². The van der Waals surface area contributed by atoms with Crippen LogP contribution in [-0.4, -0.2) is 34.0 Å². The van der Waals surface area contributed by atoms with E-state index in [1.807, 2.05) is 0 Å². The molecule has 1 heterocycles. The molecule has 2 rings (SSSR count). The lowest BCUT2D eigenvalue weighted by Gasteiger charge is -2.16. The average Bonchev–Trinajstić information content (AvgIpc) is 2.86. The van der Waals surface area contributed by atoms with Gasteiger partial charge in [0.15, 0.2) is 0 Å². The molecule has 1 N–H and O–H groups in total. The summed E-state index contributed by atoms with van der Waals surface area (Å²) in [5.41, 5.74) is 0.680. The van der Waals surface area contributed by atoms with Crippen LogP contribution < -0.4 is 0 Å². The zero-order valence-corrected chi connectivity index (χ0v) is 12.3. The largest absolute Gasteiger partial charge is 0.481 e. The lowest BCUT2D eigenvalue weighted by atomic mass is 10.0. The minimum absolute atomic E-state index is 0.0384. The van der Waals surface area contributed by atoms with Crippen LogP contribution in [0.1, 0.15) is 24.8 Å². The lowest BCUT2D eigenvalue weighted by Crippen LogP contribution is -2.21. The van der Waals surface area contributed by atoms with Crippen LogP contribution in [-0.2, 0) is 11.3 Å². The molecule has 7 heteroatoms. The first-order chi connectivity index (χ1) is 9.95. The molecule has 6 nitrogen and oxygen atoms in total. The fourth-order valence-corrected chi connectivity index (χ4v) is 2.87. The summed E-state index contributed by atoms with van der Waals surface area (Å²) >= 11 is 5.80. The highest BCUT2D eigenvalue weighted by Crippen LogP contribution is 2.27. The van der Waals surface area contributed by atoms with E-state index in [1.165, 1.54) is 6.07 Å². The van der Waals surface area contributed by atoms with Crippen LogP contribution in [0.2, 0.25) is 5.02 Å². The second-order valence-corrected chi connectivity index (χ2v) is 5.79. The van der Waals surface area contributed by atoms with E-state index in [1.54, 1.807) is 12.1 Å². The van der Waals surface area contributed by atoms with Gasteiger partial charge in [-0.1, -0.05) is 11.6 Å². The molecule has 1 unspecified atom stereocenters. The smallest absolute Gasteiger partial charge is 0.303 e. The van der Waals surface area contributed by atoms with Gasteiger partial charge < -0.3 is 5.11 Å². The molecule has 1 atom stereocenters. The minimum Gasteiger partial charge on any atom is -0.481 e. The Labute approximate surface area is 127 Å². The summed E-state index contributed by atoms with van der Waals surface area (Å²) in [6.45, 7) is 2.12. The molecular weight excluding hydrogens is 296 g/mol. The number of hydrogen-bond donors (Lipinski definition) is 1. The highest BCUT2D eigenvalue weighted by molar-refractivity contribution is 6.30. The van der Waals surface area contributed by atoms with Gasteiger partial charge in [-0.05, 0) is 37.4 Å². The normalized spacial score (nSPS) is 18.8. The van der Waals surface area contributed by atoms with Gasteiger partial charge in [-0.15, -0.1) is 0 Å². The lowest BCUT2D eigenvalue weighted by molar-refractivity contribution is -0.385. The van der Waals surface area contributed by atoms with Crippen molar-refractivity contribution in [3.8, 4) is 0 Å². The van der Waals surface area contributed by atoms with Gasteiger partial charge in [-0.25, -0.2) is 0 Å². The van der Waals surface area contributed by atoms with E-state index in [-0.39, 0.29) is 12.1 Å². The first-order valence-electron chi connectivity index (χ1n) is 6.82. The third kappa shape index (κ3) is 4.41. The Kier molecular flexibility index (Phi) is 5.14. The predicted molar refractivity (Wildman–Crippen MR) is 78.4 cm³/mol. The molecule has 1 aromatic carbocycles. The Morgan fingerprint density at radius 1 is 1.52 bits per heavy atom. The molecule has 1 fully saturated rings. The van der Waals surface area contributed by atoms with E-state index in [4.69, 9.17) is 16.7 Å². The molecule has 0 amide bonds. The van der Waals surface area contributed by atoms with Crippen molar-refractivity contribution in [1.29, 1.82) is 0 Å². The van der Waals surface area contributed by atoms with Gasteiger partial charge >= 0.3 is 5.97 Å². The van der Waals surface area contributed by atoms with Crippen LogP contribution in [0.4, 0.5) is 5.69 Å². The van der Waals surface area contributed by atoms with Crippen LogP contribution in [0.3, 0.4) is 0 Å². The van der Waals surface area contributed by atoms with Crippen molar-refractivity contribution in [2.24, 2.45) is 5.92 Å². The zero-order chi connectivity index (χ0) is 15.4. The molecule has 1 aliphatic heterocycles. The summed E-state index contributed by atoms with van der Waals surface area (Å²) in [5, 5.41) is 20.1. The molecule has 0 saturated carbocycles. The molecule has 1 saturated heterocycles. The van der Waals surface area contributed by atoms with Gasteiger partial charge in [-0.3, -0.25) is 19.8 Å². The van der Waals surface area contributed by atoms with Crippen LogP contribution in [0.15, 0.2) is 18.2 Å². The molecule has 0 spiro atoms. The number of rotatable bonds is 6. The predicted octanol–water partition coefficient (Wildman–Crippen LogP) is 2.93. The van der Waals surface area contributed by atoms with Crippen molar-refractivity contribution in [1.82, 2.24) is 4.90 Å². The molecule has 0 aliphatic carbocycles. The number of likely N-dealkylation sites (tertiary alicyclic amines) is 1. The Morgan fingerprint density at radius 2 is 2.29 bits per heavy atom. The summed E-state index contributed by atoms with van der Waals surface area (Å²) in [7, 11) is 0. The van der Waals surface area contributed by atoms with Crippen LogP contribution in [0, 0.1) is 16.0 Å². The molecule has 1 aromatic rings. The number of hydrogen-bond acceptors (Lipinski definition) is 4. The van der Waals surface area contributed by atoms with Crippen LogP contribution in [0.5, 0.6) is 0 Å². The molecule has 21 heavy (non-hydrogen) atoms. The van der Waals surface area contributed by atoms with E-state index in [0.717, 1.165) is 19.5 Å². The highest BCUT2D eigenvalue weighted by Gasteiger charge is 2.25. The molecule has 0 bridgehead atoms. The Balaban J connectivity index is 1.97. The van der Waals surface area contributed by atoms with Gasteiger partial charge in [0.1, 0.15) is 0 Å². The van der Waals surface area contributed by atoms with E-state index >= 15 is 0 Å². The van der Waals surface area contributed by atoms with E-state index in [2.05, 4.69) is 4.90 Å². The van der Waals surface area contributed by atoms with E-state index in [0.29, 0.717) is 29.5 Å². The van der Waals surface area contributed by atoms with Crippen molar-refractivity contribution in [3.63, 3.8) is 0 Å². The monoisotopic (exact) mass is 312 g/mol. The maximum absolute atomic E-state index is 11.1. The number of carbonyl (C=O) groups is 1. The molecular formula is C14H17ClN2O4. The standard InChI is InChI=1S/C14H17ClN2O4/c15-12-3-2-11(13(7-12)17(20)21)9-16-6-5-10(8-16)1-4-14(18)19/h2-3,7,10H,1,4-6,8-9H2,(H,18,19). The fraction of sp³-hybridized carbons (Fsp3) is 0.500.